The average Bonchev–Trinajstić information content (AvgIpc) is 3.57. The molecule has 53 heavy (non-hydrogen) atoms. The zero-order valence-corrected chi connectivity index (χ0v) is 28.9. The zero-order valence-electron chi connectivity index (χ0n) is 28.9. The molecular weight excluding hydrogens is 641 g/mol. The molecule has 2 nitrogen and oxygen atoms in total. The van der Waals surface area contributed by atoms with E-state index >= 15 is 0 Å². The fourth-order valence-electron chi connectivity index (χ4n) is 8.33. The Balaban J connectivity index is 1.16. The van der Waals surface area contributed by atoms with Gasteiger partial charge in [-0.15, -0.1) is 0 Å². The third-order valence-corrected chi connectivity index (χ3v) is 10.6. The second-order valence-electron chi connectivity index (χ2n) is 13.5. The molecule has 0 amide bonds. The molecule has 0 spiro atoms. The van der Waals surface area contributed by atoms with Gasteiger partial charge in [-0.25, -0.2) is 0 Å². The number of fused-ring (bicyclic) bond motifs is 5. The Morgan fingerprint density at radius 1 is 0.340 bits per heavy atom. The number of nitriles is 1. The Kier molecular flexibility index (Phi) is 7.23. The molecule has 0 saturated heterocycles. The molecular formula is C51H32N2. The van der Waals surface area contributed by atoms with Crippen LogP contribution in [-0.2, 0) is 0 Å². The van der Waals surface area contributed by atoms with Crippen LogP contribution in [0.15, 0.2) is 194 Å². The standard InChI is InChI=1S/C51H32N2/c52-33-34-26-31-45(51-43-21-6-4-19-41(43)50(37-14-2-1-3-15-37)42-20-5-7-22-44(42)51)46(32-34)36-29-27-35(28-30-36)38-16-8-11-23-47(38)53-48-24-12-9-17-39(48)40-18-10-13-25-49(40)53/h1-32H. The van der Waals surface area contributed by atoms with Crippen LogP contribution >= 0.6 is 0 Å². The highest BCUT2D eigenvalue weighted by Gasteiger charge is 2.20. The summed E-state index contributed by atoms with van der Waals surface area (Å²) < 4.78 is 2.39. The molecule has 10 rings (SSSR count). The number of benzene rings is 9. The zero-order chi connectivity index (χ0) is 35.3. The maximum absolute atomic E-state index is 10.1. The first kappa shape index (κ1) is 30.6. The van der Waals surface area contributed by atoms with E-state index in [-0.39, 0.29) is 0 Å². The SMILES string of the molecule is N#Cc1ccc(-c2c3ccccc3c(-c3ccccc3)c3ccccc23)c(-c2ccc(-c3ccccc3-n3c4ccccc4c4ccccc43)cc2)c1. The summed E-state index contributed by atoms with van der Waals surface area (Å²) in [6.07, 6.45) is 0. The Morgan fingerprint density at radius 2 is 0.811 bits per heavy atom. The van der Waals surface area contributed by atoms with E-state index in [9.17, 15) is 5.26 Å². The number of hydrogen-bond acceptors (Lipinski definition) is 1. The van der Waals surface area contributed by atoms with Gasteiger partial charge >= 0.3 is 0 Å². The third kappa shape index (κ3) is 4.94. The largest absolute Gasteiger partial charge is 0.309 e. The molecule has 0 N–H and O–H groups in total. The van der Waals surface area contributed by atoms with E-state index in [2.05, 4.69) is 193 Å². The van der Waals surface area contributed by atoms with Crippen LogP contribution in [0.2, 0.25) is 0 Å². The first-order valence-electron chi connectivity index (χ1n) is 18.0. The Morgan fingerprint density at radius 3 is 1.40 bits per heavy atom. The van der Waals surface area contributed by atoms with Gasteiger partial charge < -0.3 is 4.57 Å². The highest BCUT2D eigenvalue weighted by molar-refractivity contribution is 6.22. The van der Waals surface area contributed by atoms with Crippen molar-refractivity contribution in [1.29, 1.82) is 5.26 Å². The molecule has 0 atom stereocenters. The maximum atomic E-state index is 10.1. The van der Waals surface area contributed by atoms with Crippen LogP contribution in [0.4, 0.5) is 0 Å². The molecule has 0 unspecified atom stereocenters. The van der Waals surface area contributed by atoms with E-state index < -0.39 is 0 Å². The normalized spacial score (nSPS) is 11.4. The van der Waals surface area contributed by atoms with E-state index in [1.54, 1.807) is 0 Å². The molecule has 0 aliphatic carbocycles. The molecule has 9 aromatic carbocycles. The smallest absolute Gasteiger partial charge is 0.0991 e. The lowest BCUT2D eigenvalue weighted by molar-refractivity contribution is 1.18. The summed E-state index contributed by atoms with van der Waals surface area (Å²) in [6.45, 7) is 0. The number of aromatic nitrogens is 1. The Labute approximate surface area is 308 Å². The van der Waals surface area contributed by atoms with Gasteiger partial charge in [0, 0.05) is 16.3 Å². The molecule has 0 saturated carbocycles. The number of hydrogen-bond donors (Lipinski definition) is 0. The summed E-state index contributed by atoms with van der Waals surface area (Å²) in [5.74, 6) is 0. The van der Waals surface area contributed by atoms with E-state index in [0.29, 0.717) is 5.56 Å². The summed E-state index contributed by atoms with van der Waals surface area (Å²) in [5.41, 5.74) is 13.3. The van der Waals surface area contributed by atoms with Crippen molar-refractivity contribution in [3.05, 3.63) is 200 Å². The minimum atomic E-state index is 0.638. The van der Waals surface area contributed by atoms with Crippen molar-refractivity contribution >= 4 is 43.4 Å². The van der Waals surface area contributed by atoms with Crippen molar-refractivity contribution < 1.29 is 0 Å². The van der Waals surface area contributed by atoms with Crippen molar-refractivity contribution in [3.8, 4) is 56.3 Å². The highest BCUT2D eigenvalue weighted by atomic mass is 15.0. The van der Waals surface area contributed by atoms with Crippen LogP contribution in [-0.4, -0.2) is 4.57 Å². The van der Waals surface area contributed by atoms with Crippen LogP contribution in [0.5, 0.6) is 0 Å². The van der Waals surface area contributed by atoms with Crippen LogP contribution in [0.3, 0.4) is 0 Å². The fraction of sp³-hybridized carbons (Fsp3) is 0. The Hall–Kier alpha value is -7.21. The van der Waals surface area contributed by atoms with Gasteiger partial charge in [-0.1, -0.05) is 164 Å². The summed E-state index contributed by atoms with van der Waals surface area (Å²) in [4.78, 5) is 0. The Bertz CT molecular complexity index is 2940. The predicted octanol–water partition coefficient (Wildman–Crippen LogP) is 13.6. The summed E-state index contributed by atoms with van der Waals surface area (Å²) in [6, 6.07) is 71.5. The van der Waals surface area contributed by atoms with Crippen LogP contribution in [0, 0.1) is 11.3 Å². The van der Waals surface area contributed by atoms with Crippen LogP contribution in [0.25, 0.3) is 93.5 Å². The van der Waals surface area contributed by atoms with Gasteiger partial charge in [-0.3, -0.25) is 0 Å². The lowest BCUT2D eigenvalue weighted by atomic mass is 9.83. The van der Waals surface area contributed by atoms with E-state index in [1.165, 1.54) is 60.0 Å². The van der Waals surface area contributed by atoms with Crippen molar-refractivity contribution in [1.82, 2.24) is 4.57 Å². The van der Waals surface area contributed by atoms with Crippen molar-refractivity contribution in [2.75, 3.05) is 0 Å². The second kappa shape index (κ2) is 12.5. The number of rotatable bonds is 5. The molecule has 1 heterocycles. The highest BCUT2D eigenvalue weighted by Crippen LogP contribution is 2.46. The van der Waals surface area contributed by atoms with Gasteiger partial charge in [0.1, 0.15) is 0 Å². The molecule has 0 aliphatic rings. The molecule has 0 bridgehead atoms. The second-order valence-corrected chi connectivity index (χ2v) is 13.5. The van der Waals surface area contributed by atoms with Crippen molar-refractivity contribution in [2.45, 2.75) is 0 Å². The lowest BCUT2D eigenvalue weighted by Gasteiger charge is -2.20. The maximum Gasteiger partial charge on any atom is 0.0991 e. The van der Waals surface area contributed by atoms with Crippen LogP contribution < -0.4 is 0 Å². The molecule has 0 fully saturated rings. The molecule has 10 aromatic rings. The molecule has 2 heteroatoms. The minimum Gasteiger partial charge on any atom is -0.309 e. The predicted molar refractivity (Wildman–Crippen MR) is 222 cm³/mol. The van der Waals surface area contributed by atoms with Gasteiger partial charge in [0.25, 0.3) is 0 Å². The summed E-state index contributed by atoms with van der Waals surface area (Å²) in [5, 5.41) is 17.4. The number of nitrogens with zero attached hydrogens (tertiary/aromatic N) is 2. The van der Waals surface area contributed by atoms with Gasteiger partial charge in [0.05, 0.1) is 28.4 Å². The average molecular weight is 673 g/mol. The van der Waals surface area contributed by atoms with Gasteiger partial charge in [-0.2, -0.15) is 5.26 Å². The first-order chi connectivity index (χ1) is 26.3. The summed E-state index contributed by atoms with van der Waals surface area (Å²) in [7, 11) is 0. The van der Waals surface area contributed by atoms with E-state index in [4.69, 9.17) is 0 Å². The van der Waals surface area contributed by atoms with Crippen molar-refractivity contribution in [3.63, 3.8) is 0 Å². The van der Waals surface area contributed by atoms with E-state index in [1.807, 2.05) is 12.1 Å². The van der Waals surface area contributed by atoms with Gasteiger partial charge in [0.15, 0.2) is 0 Å². The first-order valence-corrected chi connectivity index (χ1v) is 18.0. The molecule has 0 aliphatic heterocycles. The monoisotopic (exact) mass is 672 g/mol. The fourth-order valence-corrected chi connectivity index (χ4v) is 8.33. The lowest BCUT2D eigenvalue weighted by Crippen LogP contribution is -1.97. The van der Waals surface area contributed by atoms with E-state index in [0.717, 1.165) is 33.5 Å². The number of para-hydroxylation sites is 3. The molecule has 1 aromatic heterocycles. The third-order valence-electron chi connectivity index (χ3n) is 10.6. The quantitative estimate of drug-likeness (QED) is 0.167. The summed E-state index contributed by atoms with van der Waals surface area (Å²) >= 11 is 0. The minimum absolute atomic E-state index is 0.638. The van der Waals surface area contributed by atoms with Crippen molar-refractivity contribution in [2.24, 2.45) is 0 Å². The van der Waals surface area contributed by atoms with Gasteiger partial charge in [-0.05, 0) is 90.8 Å². The van der Waals surface area contributed by atoms with Gasteiger partial charge in [0.2, 0.25) is 0 Å². The topological polar surface area (TPSA) is 28.7 Å². The molecule has 246 valence electrons. The van der Waals surface area contributed by atoms with Crippen LogP contribution in [0.1, 0.15) is 5.56 Å². The molecule has 0 radical (unpaired) electrons.